The number of hydrogen-bond donors (Lipinski definition) is 3. The van der Waals surface area contributed by atoms with Gasteiger partial charge in [0.2, 0.25) is 17.8 Å². The average Bonchev–Trinajstić information content (AvgIpc) is 2.84. The molecule has 37 heavy (non-hydrogen) atoms. The number of hydrogen-bond acceptors (Lipinski definition) is 6. The van der Waals surface area contributed by atoms with Crippen molar-refractivity contribution in [2.45, 2.75) is 128 Å². The van der Waals surface area contributed by atoms with Crippen molar-refractivity contribution in [1.82, 2.24) is 15.0 Å². The molecule has 0 radical (unpaired) electrons. The Morgan fingerprint density at radius 3 is 1.81 bits per heavy atom. The van der Waals surface area contributed by atoms with Crippen LogP contribution in [0, 0.1) is 41.4 Å². The molecule has 0 aromatic carbocycles. The highest BCUT2D eigenvalue weighted by Gasteiger charge is 2.51. The van der Waals surface area contributed by atoms with Gasteiger partial charge in [-0.05, 0) is 118 Å². The Morgan fingerprint density at radius 1 is 0.622 bits per heavy atom. The van der Waals surface area contributed by atoms with Gasteiger partial charge in [0.05, 0.1) is 0 Å². The monoisotopic (exact) mass is 506 g/mol. The lowest BCUT2D eigenvalue weighted by Crippen LogP contribution is -2.55. The summed E-state index contributed by atoms with van der Waals surface area (Å²) in [6.07, 6.45) is 23.3. The molecule has 0 amide bonds. The molecule has 6 nitrogen and oxygen atoms in total. The van der Waals surface area contributed by atoms with Crippen LogP contribution in [0.25, 0.3) is 0 Å². The predicted octanol–water partition coefficient (Wildman–Crippen LogP) is 7.26. The zero-order valence-electron chi connectivity index (χ0n) is 23.2. The fourth-order valence-corrected chi connectivity index (χ4v) is 10.5. The van der Waals surface area contributed by atoms with Gasteiger partial charge >= 0.3 is 0 Å². The maximum Gasteiger partial charge on any atom is 0.229 e. The lowest BCUT2D eigenvalue weighted by molar-refractivity contribution is 0.00720. The minimum Gasteiger partial charge on any atom is -0.354 e. The summed E-state index contributed by atoms with van der Waals surface area (Å²) < 4.78 is 0. The zero-order valence-corrected chi connectivity index (χ0v) is 23.2. The standard InChI is InChI=1S/C31H50N6/c1-2-3-4-5-6-7-8-32-28-34-29(33-27-25-13-20-9-21(15-25)16-26(27)14-20)36-30(35-28)37-31-17-22-10-23(18-31)12-24(11-22)19-31/h20-27H,2-19H2,1H3,(H3,32,33,34,35,36,37). The zero-order chi connectivity index (χ0) is 24.8. The van der Waals surface area contributed by atoms with Crippen molar-refractivity contribution in [2.24, 2.45) is 41.4 Å². The summed E-state index contributed by atoms with van der Waals surface area (Å²) in [5.74, 6) is 8.73. The third-order valence-electron chi connectivity index (χ3n) is 11.4. The van der Waals surface area contributed by atoms with E-state index in [2.05, 4.69) is 22.9 Å². The first-order valence-electron chi connectivity index (χ1n) is 16.2. The Bertz CT molecular complexity index is 882. The molecule has 8 aliphatic carbocycles. The second-order valence-corrected chi connectivity index (χ2v) is 14.4. The molecule has 0 atom stereocenters. The molecule has 8 saturated carbocycles. The van der Waals surface area contributed by atoms with Gasteiger partial charge in [-0.15, -0.1) is 0 Å². The lowest BCUT2D eigenvalue weighted by Gasteiger charge is -2.56. The summed E-state index contributed by atoms with van der Waals surface area (Å²) in [6, 6.07) is 0.550. The minimum absolute atomic E-state index is 0.215. The first-order valence-corrected chi connectivity index (χ1v) is 16.2. The topological polar surface area (TPSA) is 74.8 Å². The number of nitrogens with one attached hydrogen (secondary N) is 3. The Balaban J connectivity index is 1.06. The van der Waals surface area contributed by atoms with Gasteiger partial charge in [0, 0.05) is 18.1 Å². The number of nitrogens with zero attached hydrogens (tertiary/aromatic N) is 3. The second kappa shape index (κ2) is 10.2. The first-order chi connectivity index (χ1) is 18.1. The van der Waals surface area contributed by atoms with Crippen molar-refractivity contribution >= 4 is 17.8 Å². The average molecular weight is 507 g/mol. The van der Waals surface area contributed by atoms with Crippen molar-refractivity contribution in [3.63, 3.8) is 0 Å². The van der Waals surface area contributed by atoms with Crippen LogP contribution >= 0.6 is 0 Å². The van der Waals surface area contributed by atoms with Crippen LogP contribution < -0.4 is 16.0 Å². The summed E-state index contributed by atoms with van der Waals surface area (Å²) in [4.78, 5) is 15.0. The molecule has 1 aromatic rings. The van der Waals surface area contributed by atoms with Crippen LogP contribution in [0.5, 0.6) is 0 Å². The van der Waals surface area contributed by atoms with Gasteiger partial charge in [-0.1, -0.05) is 39.0 Å². The van der Waals surface area contributed by atoms with Crippen molar-refractivity contribution in [3.05, 3.63) is 0 Å². The molecule has 0 aliphatic heterocycles. The highest BCUT2D eigenvalue weighted by molar-refractivity contribution is 5.45. The van der Waals surface area contributed by atoms with Gasteiger partial charge in [-0.2, -0.15) is 15.0 Å². The van der Waals surface area contributed by atoms with Gasteiger partial charge in [-0.25, -0.2) is 0 Å². The lowest BCUT2D eigenvalue weighted by atomic mass is 9.53. The SMILES string of the molecule is CCCCCCCCNc1nc(NC2C3CC4CC(C3)CC2C4)nc(NC23CC4CC(CC(C4)C2)C3)n1. The summed E-state index contributed by atoms with van der Waals surface area (Å²) in [6.45, 7) is 3.23. The smallest absolute Gasteiger partial charge is 0.229 e. The summed E-state index contributed by atoms with van der Waals surface area (Å²) in [5, 5.41) is 11.4. The van der Waals surface area contributed by atoms with Gasteiger partial charge in [-0.3, -0.25) is 0 Å². The minimum atomic E-state index is 0.215. The van der Waals surface area contributed by atoms with E-state index in [4.69, 9.17) is 15.0 Å². The third-order valence-corrected chi connectivity index (χ3v) is 11.4. The molecule has 8 aliphatic rings. The number of aromatic nitrogens is 3. The number of rotatable bonds is 12. The quantitative estimate of drug-likeness (QED) is 0.259. The summed E-state index contributed by atoms with van der Waals surface area (Å²) in [7, 11) is 0. The van der Waals surface area contributed by atoms with Crippen molar-refractivity contribution in [1.29, 1.82) is 0 Å². The van der Waals surface area contributed by atoms with E-state index in [0.29, 0.717) is 6.04 Å². The molecule has 204 valence electrons. The van der Waals surface area contributed by atoms with E-state index < -0.39 is 0 Å². The van der Waals surface area contributed by atoms with Crippen LogP contribution in [0.1, 0.15) is 116 Å². The molecule has 8 fully saturated rings. The van der Waals surface area contributed by atoms with Crippen LogP contribution in [0.2, 0.25) is 0 Å². The number of unbranched alkanes of at least 4 members (excludes halogenated alkanes) is 5. The Labute approximate surface area is 224 Å². The number of anilines is 3. The van der Waals surface area contributed by atoms with Gasteiger partial charge in [0.25, 0.3) is 0 Å². The molecule has 3 N–H and O–H groups in total. The van der Waals surface area contributed by atoms with Crippen molar-refractivity contribution < 1.29 is 0 Å². The second-order valence-electron chi connectivity index (χ2n) is 14.4. The van der Waals surface area contributed by atoms with Crippen LogP contribution in [-0.2, 0) is 0 Å². The molecule has 9 rings (SSSR count). The molecule has 0 saturated heterocycles. The maximum atomic E-state index is 5.05. The van der Waals surface area contributed by atoms with E-state index in [1.807, 2.05) is 0 Å². The fourth-order valence-electron chi connectivity index (χ4n) is 10.5. The molecule has 0 unspecified atom stereocenters. The van der Waals surface area contributed by atoms with Crippen LogP contribution in [-0.4, -0.2) is 33.1 Å². The molecular weight excluding hydrogens is 456 g/mol. The van der Waals surface area contributed by atoms with Crippen LogP contribution in [0.3, 0.4) is 0 Å². The molecule has 8 bridgehead atoms. The maximum absolute atomic E-state index is 5.05. The normalized spacial score (nSPS) is 40.8. The van der Waals surface area contributed by atoms with E-state index in [1.165, 1.54) is 109 Å². The predicted molar refractivity (Wildman–Crippen MR) is 151 cm³/mol. The summed E-state index contributed by atoms with van der Waals surface area (Å²) >= 11 is 0. The molecule has 1 aromatic heterocycles. The van der Waals surface area contributed by atoms with Crippen LogP contribution in [0.15, 0.2) is 0 Å². The molecule has 0 spiro atoms. The van der Waals surface area contributed by atoms with E-state index in [1.54, 1.807) is 0 Å². The largest absolute Gasteiger partial charge is 0.354 e. The third kappa shape index (κ3) is 5.20. The highest BCUT2D eigenvalue weighted by Crippen LogP contribution is 2.57. The van der Waals surface area contributed by atoms with Crippen molar-refractivity contribution in [3.8, 4) is 0 Å². The Morgan fingerprint density at radius 2 is 1.16 bits per heavy atom. The van der Waals surface area contributed by atoms with E-state index >= 15 is 0 Å². The molecular formula is C31H50N6. The summed E-state index contributed by atoms with van der Waals surface area (Å²) in [5.41, 5.74) is 0.215. The van der Waals surface area contributed by atoms with Crippen molar-refractivity contribution in [2.75, 3.05) is 22.5 Å². The van der Waals surface area contributed by atoms with Gasteiger partial charge in [0.1, 0.15) is 0 Å². The first kappa shape index (κ1) is 24.5. The van der Waals surface area contributed by atoms with Gasteiger partial charge < -0.3 is 16.0 Å². The Hall–Kier alpha value is -1.59. The van der Waals surface area contributed by atoms with E-state index in [9.17, 15) is 0 Å². The highest BCUT2D eigenvalue weighted by atomic mass is 15.3. The fraction of sp³-hybridized carbons (Fsp3) is 0.903. The Kier molecular flexibility index (Phi) is 6.73. The van der Waals surface area contributed by atoms with E-state index in [0.717, 1.165) is 65.8 Å². The molecule has 1 heterocycles. The van der Waals surface area contributed by atoms with Crippen LogP contribution in [0.4, 0.5) is 17.8 Å². The molecule has 6 heteroatoms. The van der Waals surface area contributed by atoms with E-state index in [-0.39, 0.29) is 5.54 Å². The van der Waals surface area contributed by atoms with Gasteiger partial charge in [0.15, 0.2) is 0 Å².